The first-order chi connectivity index (χ1) is 14.1. The van der Waals surface area contributed by atoms with Crippen LogP contribution in [0.1, 0.15) is 25.8 Å². The molecule has 0 aliphatic heterocycles. The van der Waals surface area contributed by atoms with Gasteiger partial charge in [-0.3, -0.25) is 9.69 Å². The van der Waals surface area contributed by atoms with Gasteiger partial charge in [0.2, 0.25) is 5.91 Å². The summed E-state index contributed by atoms with van der Waals surface area (Å²) in [6, 6.07) is 16.5. The van der Waals surface area contributed by atoms with Crippen LogP contribution in [0, 0.1) is 6.92 Å². The number of nitrogens with zero attached hydrogens (tertiary/aromatic N) is 2. The van der Waals surface area contributed by atoms with Crippen LogP contribution < -0.4 is 9.80 Å². The Balaban J connectivity index is 1.72. The minimum Gasteiger partial charge on any atom is -0.334 e. The van der Waals surface area contributed by atoms with Crippen LogP contribution in [-0.4, -0.2) is 42.8 Å². The molecule has 0 radical (unpaired) electrons. The van der Waals surface area contributed by atoms with Gasteiger partial charge >= 0.3 is 0 Å². The minimum absolute atomic E-state index is 0.163. The maximum Gasteiger partial charge on any atom is 0.229 e. The van der Waals surface area contributed by atoms with Crippen molar-refractivity contribution < 1.29 is 9.69 Å². The van der Waals surface area contributed by atoms with Gasteiger partial charge in [0.25, 0.3) is 0 Å². The SMILES string of the molecule is CC[NH+](CC)CCN(C(=O)CCSc1ccccc1)c1nc2ccc(C)cc2s1. The van der Waals surface area contributed by atoms with E-state index in [2.05, 4.69) is 45.0 Å². The molecule has 154 valence electrons. The van der Waals surface area contributed by atoms with E-state index in [0.717, 1.165) is 40.7 Å². The van der Waals surface area contributed by atoms with Crippen LogP contribution in [0.15, 0.2) is 53.4 Å². The van der Waals surface area contributed by atoms with Crippen molar-refractivity contribution in [2.45, 2.75) is 32.1 Å². The molecule has 1 amide bonds. The summed E-state index contributed by atoms with van der Waals surface area (Å²) in [4.78, 5) is 22.5. The molecule has 0 unspecified atom stereocenters. The van der Waals surface area contributed by atoms with Crippen molar-refractivity contribution in [1.29, 1.82) is 0 Å². The Morgan fingerprint density at radius 1 is 1.14 bits per heavy atom. The smallest absolute Gasteiger partial charge is 0.229 e. The first-order valence-corrected chi connectivity index (χ1v) is 12.1. The number of hydrogen-bond donors (Lipinski definition) is 1. The molecule has 3 aromatic rings. The van der Waals surface area contributed by atoms with Gasteiger partial charge in [0.05, 0.1) is 36.4 Å². The van der Waals surface area contributed by atoms with Crippen molar-refractivity contribution in [3.05, 3.63) is 54.1 Å². The number of fused-ring (bicyclic) bond motifs is 1. The first-order valence-electron chi connectivity index (χ1n) is 10.3. The number of amides is 1. The van der Waals surface area contributed by atoms with Gasteiger partial charge in [-0.1, -0.05) is 35.6 Å². The molecule has 1 heterocycles. The fraction of sp³-hybridized carbons (Fsp3) is 0.391. The highest BCUT2D eigenvalue weighted by Gasteiger charge is 2.21. The quantitative estimate of drug-likeness (QED) is 0.495. The number of quaternary nitrogens is 1. The number of aromatic nitrogens is 1. The lowest BCUT2D eigenvalue weighted by Crippen LogP contribution is -3.12. The molecule has 2 aromatic carbocycles. The number of thiazole rings is 1. The molecule has 0 spiro atoms. The topological polar surface area (TPSA) is 37.6 Å². The van der Waals surface area contributed by atoms with Gasteiger partial charge < -0.3 is 4.90 Å². The maximum absolute atomic E-state index is 13.1. The van der Waals surface area contributed by atoms with E-state index < -0.39 is 0 Å². The molecule has 3 rings (SSSR count). The van der Waals surface area contributed by atoms with E-state index in [-0.39, 0.29) is 5.91 Å². The summed E-state index contributed by atoms with van der Waals surface area (Å²) >= 11 is 3.35. The standard InChI is InChI=1S/C23H29N3OS2/c1-4-25(5-2)14-15-26(22(27)13-16-28-19-9-7-6-8-10-19)23-24-20-12-11-18(3)17-21(20)29-23/h6-12,17H,4-5,13-16H2,1-3H3/p+1. The molecule has 1 aromatic heterocycles. The van der Waals surface area contributed by atoms with Crippen LogP contribution in [0.4, 0.5) is 5.13 Å². The van der Waals surface area contributed by atoms with E-state index in [0.29, 0.717) is 13.0 Å². The lowest BCUT2D eigenvalue weighted by Gasteiger charge is -2.23. The maximum atomic E-state index is 13.1. The van der Waals surface area contributed by atoms with Gasteiger partial charge in [0, 0.05) is 17.1 Å². The molecule has 0 fully saturated rings. The second-order valence-corrected chi connectivity index (χ2v) is 9.31. The van der Waals surface area contributed by atoms with E-state index in [4.69, 9.17) is 4.98 Å². The number of benzene rings is 2. The molecule has 6 heteroatoms. The zero-order valence-electron chi connectivity index (χ0n) is 17.5. The summed E-state index contributed by atoms with van der Waals surface area (Å²) in [6.45, 7) is 10.3. The Morgan fingerprint density at radius 2 is 1.90 bits per heavy atom. The number of carbonyl (C=O) groups excluding carboxylic acids is 1. The number of likely N-dealkylation sites (N-methyl/N-ethyl adjacent to an activating group) is 1. The molecular weight excluding hydrogens is 398 g/mol. The molecule has 0 bridgehead atoms. The predicted molar refractivity (Wildman–Crippen MR) is 125 cm³/mol. The summed E-state index contributed by atoms with van der Waals surface area (Å²) < 4.78 is 1.15. The highest BCUT2D eigenvalue weighted by atomic mass is 32.2. The summed E-state index contributed by atoms with van der Waals surface area (Å²) in [5.41, 5.74) is 2.19. The van der Waals surface area contributed by atoms with E-state index in [9.17, 15) is 4.79 Å². The molecule has 0 aliphatic carbocycles. The zero-order chi connectivity index (χ0) is 20.6. The number of thioether (sulfide) groups is 1. The van der Waals surface area contributed by atoms with Crippen molar-refractivity contribution >= 4 is 44.4 Å². The van der Waals surface area contributed by atoms with Crippen LogP contribution in [0.2, 0.25) is 0 Å². The normalized spacial score (nSPS) is 11.3. The lowest BCUT2D eigenvalue weighted by molar-refractivity contribution is -0.894. The van der Waals surface area contributed by atoms with Gasteiger partial charge in [-0.25, -0.2) is 4.98 Å². The second-order valence-electron chi connectivity index (χ2n) is 7.13. The van der Waals surface area contributed by atoms with Crippen LogP contribution >= 0.6 is 23.1 Å². The number of rotatable bonds is 10. The van der Waals surface area contributed by atoms with Crippen molar-refractivity contribution in [2.75, 3.05) is 36.8 Å². The van der Waals surface area contributed by atoms with E-state index >= 15 is 0 Å². The lowest BCUT2D eigenvalue weighted by atomic mass is 10.2. The molecule has 29 heavy (non-hydrogen) atoms. The van der Waals surface area contributed by atoms with Crippen molar-refractivity contribution in [3.8, 4) is 0 Å². The monoisotopic (exact) mass is 428 g/mol. The van der Waals surface area contributed by atoms with Gasteiger partial charge in [-0.05, 0) is 50.6 Å². The third-order valence-electron chi connectivity index (χ3n) is 5.08. The molecule has 4 nitrogen and oxygen atoms in total. The van der Waals surface area contributed by atoms with Gasteiger partial charge in [0.1, 0.15) is 0 Å². The van der Waals surface area contributed by atoms with Crippen LogP contribution in [0.25, 0.3) is 10.2 Å². The number of carbonyl (C=O) groups is 1. The third kappa shape index (κ3) is 6.04. The number of nitrogens with one attached hydrogen (secondary N) is 1. The fourth-order valence-corrected chi connectivity index (χ4v) is 5.21. The molecule has 1 N–H and O–H groups in total. The molecular formula is C23H30N3OS2+. The van der Waals surface area contributed by atoms with Crippen LogP contribution in [-0.2, 0) is 4.79 Å². The average molecular weight is 429 g/mol. The van der Waals surface area contributed by atoms with E-state index in [1.807, 2.05) is 29.2 Å². The summed E-state index contributed by atoms with van der Waals surface area (Å²) in [6.07, 6.45) is 0.516. The Kier molecular flexibility index (Phi) is 8.09. The molecule has 0 aliphatic rings. The number of aryl methyl sites for hydroxylation is 1. The molecule has 0 atom stereocenters. The van der Waals surface area contributed by atoms with Crippen molar-refractivity contribution in [3.63, 3.8) is 0 Å². The predicted octanol–water partition coefficient (Wildman–Crippen LogP) is 4.04. The van der Waals surface area contributed by atoms with Crippen LogP contribution in [0.5, 0.6) is 0 Å². The van der Waals surface area contributed by atoms with Crippen molar-refractivity contribution in [1.82, 2.24) is 4.98 Å². The second kappa shape index (κ2) is 10.8. The highest BCUT2D eigenvalue weighted by molar-refractivity contribution is 7.99. The summed E-state index contributed by atoms with van der Waals surface area (Å²) in [5, 5.41) is 0.826. The number of hydrogen-bond acceptors (Lipinski definition) is 4. The third-order valence-corrected chi connectivity index (χ3v) is 7.14. The molecule has 0 saturated carbocycles. The number of anilines is 1. The Hall–Kier alpha value is -1.89. The first kappa shape index (κ1) is 21.8. The summed E-state index contributed by atoms with van der Waals surface area (Å²) in [7, 11) is 0. The van der Waals surface area contributed by atoms with Gasteiger partial charge in [0.15, 0.2) is 5.13 Å². The minimum atomic E-state index is 0.163. The van der Waals surface area contributed by atoms with Crippen molar-refractivity contribution in [2.24, 2.45) is 0 Å². The van der Waals surface area contributed by atoms with Gasteiger partial charge in [-0.2, -0.15) is 0 Å². The zero-order valence-corrected chi connectivity index (χ0v) is 19.1. The average Bonchev–Trinajstić information content (AvgIpc) is 3.14. The Labute approximate surface area is 181 Å². The largest absolute Gasteiger partial charge is 0.334 e. The fourth-order valence-electron chi connectivity index (χ4n) is 3.24. The van der Waals surface area contributed by atoms with E-state index in [1.165, 1.54) is 15.4 Å². The van der Waals surface area contributed by atoms with Crippen LogP contribution in [0.3, 0.4) is 0 Å². The van der Waals surface area contributed by atoms with Gasteiger partial charge in [-0.15, -0.1) is 11.8 Å². The van der Waals surface area contributed by atoms with E-state index in [1.54, 1.807) is 23.1 Å². The Bertz CT molecular complexity index is 922. The highest BCUT2D eigenvalue weighted by Crippen LogP contribution is 2.30. The Morgan fingerprint density at radius 3 is 2.62 bits per heavy atom. The summed E-state index contributed by atoms with van der Waals surface area (Å²) in [5.74, 6) is 0.942. The molecule has 0 saturated heterocycles.